The molecule has 1 amide bonds. The van der Waals surface area contributed by atoms with Crippen LogP contribution in [0.4, 0.5) is 10.8 Å². The molecule has 0 spiro atoms. The molecule has 3 rings (SSSR count). The minimum Gasteiger partial charge on any atom is -0.375 e. The first kappa shape index (κ1) is 18.0. The molecule has 0 radical (unpaired) electrons. The number of anilines is 2. The first-order valence-electron chi connectivity index (χ1n) is 8.46. The molecule has 1 aromatic carbocycles. The van der Waals surface area contributed by atoms with Crippen molar-refractivity contribution in [1.82, 2.24) is 15.5 Å². The summed E-state index contributed by atoms with van der Waals surface area (Å²) >= 11 is 2.96. The van der Waals surface area contributed by atoms with Crippen molar-refractivity contribution in [3.63, 3.8) is 0 Å². The number of carbonyl (C=O) groups excluding carboxylic acids is 1. The van der Waals surface area contributed by atoms with Gasteiger partial charge in [0.1, 0.15) is 0 Å². The summed E-state index contributed by atoms with van der Waals surface area (Å²) in [6, 6.07) is 10.8. The monoisotopic (exact) mass is 377 g/mol. The van der Waals surface area contributed by atoms with Crippen molar-refractivity contribution in [3.8, 4) is 0 Å². The summed E-state index contributed by atoms with van der Waals surface area (Å²) in [5, 5.41) is 15.3. The number of hydrogen-bond acceptors (Lipinski definition) is 7. The number of nitrogens with one attached hydrogen (secondary N) is 2. The van der Waals surface area contributed by atoms with Gasteiger partial charge in [0.05, 0.1) is 5.75 Å². The molecule has 0 unspecified atom stereocenters. The Hall–Kier alpha value is -1.80. The Morgan fingerprint density at radius 2 is 2.12 bits per heavy atom. The van der Waals surface area contributed by atoms with Crippen LogP contribution in [0.15, 0.2) is 34.7 Å². The highest BCUT2D eigenvalue weighted by Gasteiger charge is 2.22. The van der Waals surface area contributed by atoms with E-state index in [0.29, 0.717) is 18.3 Å². The average molecular weight is 378 g/mol. The summed E-state index contributed by atoms with van der Waals surface area (Å²) in [7, 11) is 2.07. The molecule has 25 heavy (non-hydrogen) atoms. The highest BCUT2D eigenvalue weighted by molar-refractivity contribution is 8.01. The number of carbonyl (C=O) groups is 1. The predicted molar refractivity (Wildman–Crippen MR) is 105 cm³/mol. The zero-order chi connectivity index (χ0) is 17.5. The Bertz CT molecular complexity index is 675. The van der Waals surface area contributed by atoms with Crippen LogP contribution < -0.4 is 15.5 Å². The van der Waals surface area contributed by atoms with Gasteiger partial charge in [0.15, 0.2) is 4.34 Å². The summed E-state index contributed by atoms with van der Waals surface area (Å²) in [4.78, 5) is 14.1. The molecule has 2 N–H and O–H groups in total. The maximum Gasteiger partial charge on any atom is 0.230 e. The third-order valence-electron chi connectivity index (χ3n) is 3.83. The van der Waals surface area contributed by atoms with Gasteiger partial charge in [-0.25, -0.2) is 0 Å². The number of para-hydroxylation sites is 1. The second kappa shape index (κ2) is 9.05. The van der Waals surface area contributed by atoms with Crippen LogP contribution in [-0.4, -0.2) is 48.0 Å². The molecule has 1 aromatic heterocycles. The summed E-state index contributed by atoms with van der Waals surface area (Å²) in [5.74, 6) is 0.423. The fourth-order valence-corrected chi connectivity index (χ4v) is 3.92. The van der Waals surface area contributed by atoms with Crippen molar-refractivity contribution >= 4 is 39.8 Å². The van der Waals surface area contributed by atoms with Gasteiger partial charge < -0.3 is 15.5 Å². The standard InChI is InChI=1S/C17H23N5OS2/c1-22(14-6-3-2-4-7-14)11-5-10-18-15(23)12-24-17-21-20-16(25-17)19-13-8-9-13/h2-4,6-7,13H,5,8-12H2,1H3,(H,18,23)(H,19,20). The van der Waals surface area contributed by atoms with Gasteiger partial charge in [-0.1, -0.05) is 41.3 Å². The van der Waals surface area contributed by atoms with Gasteiger partial charge >= 0.3 is 0 Å². The maximum atomic E-state index is 11.9. The van der Waals surface area contributed by atoms with Crippen LogP contribution in [-0.2, 0) is 4.79 Å². The zero-order valence-corrected chi connectivity index (χ0v) is 15.9. The SMILES string of the molecule is CN(CCCNC(=O)CSc1nnc(NC2CC2)s1)c1ccccc1. The van der Waals surface area contributed by atoms with Gasteiger partial charge in [-0.05, 0) is 31.4 Å². The van der Waals surface area contributed by atoms with Crippen molar-refractivity contribution < 1.29 is 4.79 Å². The first-order chi connectivity index (χ1) is 12.2. The molecule has 1 heterocycles. The lowest BCUT2D eigenvalue weighted by molar-refractivity contribution is -0.118. The molecular formula is C17H23N5OS2. The fourth-order valence-electron chi connectivity index (χ4n) is 2.26. The van der Waals surface area contributed by atoms with Crippen LogP contribution in [0.25, 0.3) is 0 Å². The van der Waals surface area contributed by atoms with E-state index < -0.39 is 0 Å². The summed E-state index contributed by atoms with van der Waals surface area (Å²) in [6.07, 6.45) is 3.34. The molecular weight excluding hydrogens is 354 g/mol. The van der Waals surface area contributed by atoms with E-state index in [4.69, 9.17) is 0 Å². The molecule has 0 bridgehead atoms. The predicted octanol–water partition coefficient (Wildman–Crippen LogP) is 2.85. The largest absolute Gasteiger partial charge is 0.375 e. The maximum absolute atomic E-state index is 11.9. The normalized spacial score (nSPS) is 13.5. The molecule has 1 aliphatic rings. The van der Waals surface area contributed by atoms with E-state index in [-0.39, 0.29) is 5.91 Å². The lowest BCUT2D eigenvalue weighted by Crippen LogP contribution is -2.29. The van der Waals surface area contributed by atoms with Crippen molar-refractivity contribution in [2.75, 3.05) is 36.1 Å². The van der Waals surface area contributed by atoms with Gasteiger partial charge in [0.25, 0.3) is 0 Å². The fraction of sp³-hybridized carbons (Fsp3) is 0.471. The van der Waals surface area contributed by atoms with Crippen molar-refractivity contribution in [3.05, 3.63) is 30.3 Å². The quantitative estimate of drug-likeness (QED) is 0.490. The lowest BCUT2D eigenvalue weighted by Gasteiger charge is -2.19. The molecule has 8 heteroatoms. The number of benzene rings is 1. The number of amides is 1. The van der Waals surface area contributed by atoms with E-state index >= 15 is 0 Å². The van der Waals surface area contributed by atoms with Crippen LogP contribution in [0.3, 0.4) is 0 Å². The topological polar surface area (TPSA) is 70.2 Å². The second-order valence-corrected chi connectivity index (χ2v) is 8.24. The highest BCUT2D eigenvalue weighted by atomic mass is 32.2. The molecule has 6 nitrogen and oxygen atoms in total. The third-order valence-corrected chi connectivity index (χ3v) is 5.82. The molecule has 0 atom stereocenters. The number of thioether (sulfide) groups is 1. The first-order valence-corrected chi connectivity index (χ1v) is 10.3. The van der Waals surface area contributed by atoms with Crippen LogP contribution in [0.1, 0.15) is 19.3 Å². The van der Waals surface area contributed by atoms with E-state index in [1.165, 1.54) is 41.6 Å². The second-order valence-electron chi connectivity index (χ2n) is 6.04. The highest BCUT2D eigenvalue weighted by Crippen LogP contribution is 2.29. The molecule has 0 aliphatic heterocycles. The number of rotatable bonds is 10. The van der Waals surface area contributed by atoms with E-state index in [2.05, 4.69) is 44.9 Å². The van der Waals surface area contributed by atoms with E-state index in [0.717, 1.165) is 22.4 Å². The number of aromatic nitrogens is 2. The number of nitrogens with zero attached hydrogens (tertiary/aromatic N) is 3. The Kier molecular flexibility index (Phi) is 6.52. The summed E-state index contributed by atoms with van der Waals surface area (Å²) in [5.41, 5.74) is 1.19. The molecule has 1 aliphatic carbocycles. The number of hydrogen-bond donors (Lipinski definition) is 2. The van der Waals surface area contributed by atoms with Crippen LogP contribution in [0, 0.1) is 0 Å². The van der Waals surface area contributed by atoms with Gasteiger partial charge in [0.2, 0.25) is 11.0 Å². The van der Waals surface area contributed by atoms with Crippen molar-refractivity contribution in [2.45, 2.75) is 29.6 Å². The summed E-state index contributed by atoms with van der Waals surface area (Å²) < 4.78 is 0.835. The Morgan fingerprint density at radius 1 is 1.32 bits per heavy atom. The molecule has 0 saturated heterocycles. The Labute approximate surface area is 156 Å². The molecule has 1 saturated carbocycles. The van der Waals surface area contributed by atoms with E-state index in [1.54, 1.807) is 0 Å². The Balaban J connectivity index is 1.28. The van der Waals surface area contributed by atoms with Crippen LogP contribution >= 0.6 is 23.1 Å². The van der Waals surface area contributed by atoms with Gasteiger partial charge in [-0.3, -0.25) is 4.79 Å². The van der Waals surface area contributed by atoms with Gasteiger partial charge in [-0.15, -0.1) is 10.2 Å². The average Bonchev–Trinajstić information content (AvgIpc) is 3.33. The van der Waals surface area contributed by atoms with Crippen LogP contribution in [0.2, 0.25) is 0 Å². The van der Waals surface area contributed by atoms with E-state index in [1.807, 2.05) is 18.2 Å². The molecule has 134 valence electrons. The van der Waals surface area contributed by atoms with Gasteiger partial charge in [-0.2, -0.15) is 0 Å². The Morgan fingerprint density at radius 3 is 2.88 bits per heavy atom. The smallest absolute Gasteiger partial charge is 0.230 e. The zero-order valence-electron chi connectivity index (χ0n) is 14.3. The molecule has 1 fully saturated rings. The molecule has 2 aromatic rings. The van der Waals surface area contributed by atoms with E-state index in [9.17, 15) is 4.79 Å². The third kappa shape index (κ3) is 6.21. The lowest BCUT2D eigenvalue weighted by atomic mass is 10.3. The minimum absolute atomic E-state index is 0.0410. The van der Waals surface area contributed by atoms with Crippen LogP contribution in [0.5, 0.6) is 0 Å². The van der Waals surface area contributed by atoms with Gasteiger partial charge in [0, 0.05) is 31.9 Å². The minimum atomic E-state index is 0.0410. The summed E-state index contributed by atoms with van der Waals surface area (Å²) in [6.45, 7) is 1.59. The van der Waals surface area contributed by atoms with Crippen molar-refractivity contribution in [1.29, 1.82) is 0 Å². The van der Waals surface area contributed by atoms with Crippen molar-refractivity contribution in [2.24, 2.45) is 0 Å².